The average Bonchev–Trinajstić information content (AvgIpc) is 2.84. The fourth-order valence-corrected chi connectivity index (χ4v) is 2.01. The van der Waals surface area contributed by atoms with Gasteiger partial charge in [0.05, 0.1) is 16.8 Å². The van der Waals surface area contributed by atoms with E-state index in [0.717, 1.165) is 11.3 Å². The zero-order valence-corrected chi connectivity index (χ0v) is 12.8. The van der Waals surface area contributed by atoms with Crippen molar-refractivity contribution in [1.29, 1.82) is 0 Å². The molecular formula is C16H20N2O4. The Morgan fingerprint density at radius 1 is 1.36 bits per heavy atom. The van der Waals surface area contributed by atoms with Crippen LogP contribution in [-0.4, -0.2) is 29.3 Å². The maximum absolute atomic E-state index is 12.1. The lowest BCUT2D eigenvalue weighted by Gasteiger charge is -2.11. The number of aliphatic hydroxyl groups is 1. The SMILES string of the molecule is Cc1noc(C)c1COc1ccccc1C(=O)NCCCO. The van der Waals surface area contributed by atoms with Gasteiger partial charge < -0.3 is 19.7 Å². The molecule has 2 N–H and O–H groups in total. The summed E-state index contributed by atoms with van der Waals surface area (Å²) in [4.78, 5) is 12.1. The molecule has 6 heteroatoms. The quantitative estimate of drug-likeness (QED) is 0.764. The summed E-state index contributed by atoms with van der Waals surface area (Å²) in [6.45, 7) is 4.44. The lowest BCUT2D eigenvalue weighted by molar-refractivity contribution is 0.0946. The van der Waals surface area contributed by atoms with Crippen LogP contribution in [0, 0.1) is 13.8 Å². The zero-order chi connectivity index (χ0) is 15.9. The molecule has 0 saturated heterocycles. The summed E-state index contributed by atoms with van der Waals surface area (Å²) in [5.74, 6) is 0.995. The highest BCUT2D eigenvalue weighted by atomic mass is 16.5. The molecule has 0 saturated carbocycles. The van der Waals surface area contributed by atoms with Gasteiger partial charge in [-0.1, -0.05) is 17.3 Å². The van der Waals surface area contributed by atoms with E-state index in [1.54, 1.807) is 18.2 Å². The minimum atomic E-state index is -0.220. The van der Waals surface area contributed by atoms with Crippen molar-refractivity contribution < 1.29 is 19.2 Å². The number of hydrogen-bond donors (Lipinski definition) is 2. The number of benzene rings is 1. The van der Waals surface area contributed by atoms with Crippen LogP contribution in [0.2, 0.25) is 0 Å². The molecule has 2 aromatic rings. The smallest absolute Gasteiger partial charge is 0.255 e. The topological polar surface area (TPSA) is 84.6 Å². The molecule has 0 fully saturated rings. The number of carbonyl (C=O) groups is 1. The Morgan fingerprint density at radius 2 is 2.14 bits per heavy atom. The van der Waals surface area contributed by atoms with Crippen molar-refractivity contribution in [1.82, 2.24) is 10.5 Å². The van der Waals surface area contributed by atoms with Gasteiger partial charge in [-0.25, -0.2) is 0 Å². The van der Waals surface area contributed by atoms with Gasteiger partial charge in [0.25, 0.3) is 5.91 Å². The molecule has 118 valence electrons. The number of aliphatic hydroxyl groups excluding tert-OH is 1. The maximum Gasteiger partial charge on any atom is 0.255 e. The Bertz CT molecular complexity index is 617. The van der Waals surface area contributed by atoms with Crippen LogP contribution in [0.5, 0.6) is 5.75 Å². The second-order valence-electron chi connectivity index (χ2n) is 4.92. The van der Waals surface area contributed by atoms with Gasteiger partial charge in [0.2, 0.25) is 0 Å². The van der Waals surface area contributed by atoms with Crippen LogP contribution in [-0.2, 0) is 6.61 Å². The van der Waals surface area contributed by atoms with Crippen molar-refractivity contribution in [2.24, 2.45) is 0 Å². The highest BCUT2D eigenvalue weighted by Crippen LogP contribution is 2.21. The largest absolute Gasteiger partial charge is 0.488 e. The van der Waals surface area contributed by atoms with Crippen molar-refractivity contribution in [3.05, 3.63) is 46.8 Å². The first-order valence-corrected chi connectivity index (χ1v) is 7.16. The summed E-state index contributed by atoms with van der Waals surface area (Å²) in [7, 11) is 0. The summed E-state index contributed by atoms with van der Waals surface area (Å²) in [5, 5.41) is 15.4. The first-order chi connectivity index (χ1) is 10.6. The van der Waals surface area contributed by atoms with E-state index < -0.39 is 0 Å². The molecule has 0 unspecified atom stereocenters. The van der Waals surface area contributed by atoms with Crippen molar-refractivity contribution in [2.75, 3.05) is 13.2 Å². The average molecular weight is 304 g/mol. The fraction of sp³-hybridized carbons (Fsp3) is 0.375. The molecule has 6 nitrogen and oxygen atoms in total. The molecule has 1 heterocycles. The molecule has 1 aromatic carbocycles. The summed E-state index contributed by atoms with van der Waals surface area (Å²) < 4.78 is 10.9. The molecule has 0 spiro atoms. The Balaban J connectivity index is 2.06. The second-order valence-corrected chi connectivity index (χ2v) is 4.92. The standard InChI is InChI=1S/C16H20N2O4/c1-11-14(12(2)22-18-11)10-21-15-7-4-3-6-13(15)16(20)17-8-5-9-19/h3-4,6-7,19H,5,8-10H2,1-2H3,(H,17,20). The van der Waals surface area contributed by atoms with Gasteiger partial charge in [0.15, 0.2) is 0 Å². The van der Waals surface area contributed by atoms with E-state index in [1.807, 2.05) is 19.9 Å². The van der Waals surface area contributed by atoms with Gasteiger partial charge in [0.1, 0.15) is 18.1 Å². The Hall–Kier alpha value is -2.34. The molecule has 0 aliphatic heterocycles. The van der Waals surface area contributed by atoms with Crippen molar-refractivity contribution in [3.8, 4) is 5.75 Å². The van der Waals surface area contributed by atoms with Crippen LogP contribution in [0.15, 0.2) is 28.8 Å². The van der Waals surface area contributed by atoms with E-state index in [1.165, 1.54) is 0 Å². The molecule has 1 aromatic heterocycles. The number of para-hydroxylation sites is 1. The Morgan fingerprint density at radius 3 is 2.82 bits per heavy atom. The van der Waals surface area contributed by atoms with Gasteiger partial charge in [-0.05, 0) is 32.4 Å². The second kappa shape index (κ2) is 7.61. The number of carbonyl (C=O) groups excluding carboxylic acids is 1. The fourth-order valence-electron chi connectivity index (χ4n) is 2.01. The molecule has 22 heavy (non-hydrogen) atoms. The van der Waals surface area contributed by atoms with Crippen LogP contribution >= 0.6 is 0 Å². The molecule has 0 aliphatic rings. The molecule has 0 aliphatic carbocycles. The van der Waals surface area contributed by atoms with Gasteiger partial charge >= 0.3 is 0 Å². The van der Waals surface area contributed by atoms with Crippen molar-refractivity contribution in [3.63, 3.8) is 0 Å². The van der Waals surface area contributed by atoms with Gasteiger partial charge in [-0.15, -0.1) is 0 Å². The number of ether oxygens (including phenoxy) is 1. The van der Waals surface area contributed by atoms with Crippen LogP contribution in [0.1, 0.15) is 33.8 Å². The van der Waals surface area contributed by atoms with Gasteiger partial charge in [0, 0.05) is 13.2 Å². The van der Waals surface area contributed by atoms with Crippen LogP contribution in [0.4, 0.5) is 0 Å². The normalized spacial score (nSPS) is 10.5. The number of aryl methyl sites for hydroxylation is 2. The van der Waals surface area contributed by atoms with E-state index >= 15 is 0 Å². The van der Waals surface area contributed by atoms with Crippen LogP contribution in [0.3, 0.4) is 0 Å². The highest BCUT2D eigenvalue weighted by molar-refractivity contribution is 5.96. The highest BCUT2D eigenvalue weighted by Gasteiger charge is 2.14. The third-order valence-electron chi connectivity index (χ3n) is 3.31. The lowest BCUT2D eigenvalue weighted by atomic mass is 10.1. The summed E-state index contributed by atoms with van der Waals surface area (Å²) >= 11 is 0. The third-order valence-corrected chi connectivity index (χ3v) is 3.31. The predicted molar refractivity (Wildman–Crippen MR) is 80.8 cm³/mol. The van der Waals surface area contributed by atoms with E-state index in [9.17, 15) is 4.79 Å². The number of aromatic nitrogens is 1. The maximum atomic E-state index is 12.1. The number of nitrogens with zero attached hydrogens (tertiary/aromatic N) is 1. The monoisotopic (exact) mass is 304 g/mol. The van der Waals surface area contributed by atoms with E-state index in [-0.39, 0.29) is 12.5 Å². The molecule has 0 radical (unpaired) electrons. The van der Waals surface area contributed by atoms with E-state index in [2.05, 4.69) is 10.5 Å². The Labute approximate surface area is 129 Å². The first-order valence-electron chi connectivity index (χ1n) is 7.16. The number of nitrogens with one attached hydrogen (secondary N) is 1. The van der Waals surface area contributed by atoms with Crippen molar-refractivity contribution in [2.45, 2.75) is 26.9 Å². The van der Waals surface area contributed by atoms with E-state index in [0.29, 0.717) is 36.6 Å². The molecule has 2 rings (SSSR count). The van der Waals surface area contributed by atoms with Gasteiger partial charge in [-0.3, -0.25) is 4.79 Å². The van der Waals surface area contributed by atoms with Crippen LogP contribution < -0.4 is 10.1 Å². The van der Waals surface area contributed by atoms with Gasteiger partial charge in [-0.2, -0.15) is 0 Å². The number of hydrogen-bond acceptors (Lipinski definition) is 5. The lowest BCUT2D eigenvalue weighted by Crippen LogP contribution is -2.25. The van der Waals surface area contributed by atoms with Crippen molar-refractivity contribution >= 4 is 5.91 Å². The molecule has 0 atom stereocenters. The minimum Gasteiger partial charge on any atom is -0.488 e. The molecule has 0 bridgehead atoms. The molecular weight excluding hydrogens is 284 g/mol. The zero-order valence-electron chi connectivity index (χ0n) is 12.8. The number of rotatable bonds is 7. The Kier molecular flexibility index (Phi) is 5.55. The summed E-state index contributed by atoms with van der Waals surface area (Å²) in [6.07, 6.45) is 0.522. The first kappa shape index (κ1) is 16.0. The number of amides is 1. The summed E-state index contributed by atoms with van der Waals surface area (Å²) in [5.41, 5.74) is 2.13. The predicted octanol–water partition coefficient (Wildman–Crippen LogP) is 1.98. The minimum absolute atomic E-state index is 0.0461. The third kappa shape index (κ3) is 3.85. The summed E-state index contributed by atoms with van der Waals surface area (Å²) in [6, 6.07) is 7.05. The molecule has 1 amide bonds. The van der Waals surface area contributed by atoms with Crippen LogP contribution in [0.25, 0.3) is 0 Å². The van der Waals surface area contributed by atoms with E-state index in [4.69, 9.17) is 14.4 Å².